The van der Waals surface area contributed by atoms with E-state index in [1.807, 2.05) is 42.5 Å². The molecule has 2 nitrogen and oxygen atoms in total. The monoisotopic (exact) mass is 356 g/mol. The van der Waals surface area contributed by atoms with Crippen molar-refractivity contribution in [2.24, 2.45) is 0 Å². The van der Waals surface area contributed by atoms with Crippen LogP contribution in [0.1, 0.15) is 53.9 Å². The highest BCUT2D eigenvalue weighted by molar-refractivity contribution is 5.91. The summed E-state index contributed by atoms with van der Waals surface area (Å²) in [5.41, 5.74) is 4.34. The highest BCUT2D eigenvalue weighted by atomic mass is 16.5. The SMILES string of the molecule is O=C(Oc1ccc(-c2ccc(C3CCCCC3)cc2)cc1)c1ccccc1. The Balaban J connectivity index is 1.43. The molecule has 136 valence electrons. The number of hydrogen-bond donors (Lipinski definition) is 0. The summed E-state index contributed by atoms with van der Waals surface area (Å²) in [6, 6.07) is 25.7. The van der Waals surface area contributed by atoms with E-state index in [1.165, 1.54) is 43.2 Å². The first-order chi connectivity index (χ1) is 13.3. The summed E-state index contributed by atoms with van der Waals surface area (Å²) in [6.07, 6.45) is 6.74. The van der Waals surface area contributed by atoms with Gasteiger partial charge < -0.3 is 4.74 Å². The van der Waals surface area contributed by atoms with Crippen molar-refractivity contribution >= 4 is 5.97 Å². The number of carbonyl (C=O) groups excluding carboxylic acids is 1. The highest BCUT2D eigenvalue weighted by Crippen LogP contribution is 2.33. The molecule has 0 aromatic heterocycles. The van der Waals surface area contributed by atoms with E-state index in [1.54, 1.807) is 12.1 Å². The number of ether oxygens (including phenoxy) is 1. The molecule has 0 radical (unpaired) electrons. The fourth-order valence-electron chi connectivity index (χ4n) is 3.84. The van der Waals surface area contributed by atoms with Gasteiger partial charge in [-0.15, -0.1) is 0 Å². The summed E-state index contributed by atoms with van der Waals surface area (Å²) in [4.78, 5) is 12.1. The maximum Gasteiger partial charge on any atom is 0.343 e. The Morgan fingerprint density at radius 3 is 1.93 bits per heavy atom. The third kappa shape index (κ3) is 4.28. The van der Waals surface area contributed by atoms with Crippen LogP contribution in [-0.2, 0) is 0 Å². The van der Waals surface area contributed by atoms with E-state index in [9.17, 15) is 4.79 Å². The molecule has 0 bridgehead atoms. The van der Waals surface area contributed by atoms with Crippen LogP contribution >= 0.6 is 0 Å². The molecule has 1 aliphatic rings. The zero-order chi connectivity index (χ0) is 18.5. The number of esters is 1. The summed E-state index contributed by atoms with van der Waals surface area (Å²) >= 11 is 0. The minimum atomic E-state index is -0.333. The van der Waals surface area contributed by atoms with Crippen LogP contribution in [0.2, 0.25) is 0 Å². The number of carbonyl (C=O) groups is 1. The average Bonchev–Trinajstić information content (AvgIpc) is 2.76. The molecular weight excluding hydrogens is 332 g/mol. The lowest BCUT2D eigenvalue weighted by Gasteiger charge is -2.22. The van der Waals surface area contributed by atoms with E-state index in [0.717, 1.165) is 11.5 Å². The van der Waals surface area contributed by atoms with Gasteiger partial charge in [0.15, 0.2) is 0 Å². The minimum Gasteiger partial charge on any atom is -0.423 e. The van der Waals surface area contributed by atoms with Gasteiger partial charge in [0.1, 0.15) is 5.75 Å². The summed E-state index contributed by atoms with van der Waals surface area (Å²) in [5, 5.41) is 0. The van der Waals surface area contributed by atoms with Crippen LogP contribution in [0, 0.1) is 0 Å². The molecule has 0 heterocycles. The van der Waals surface area contributed by atoms with Gasteiger partial charge in [0, 0.05) is 0 Å². The standard InChI is InChI=1S/C25H24O2/c26-25(23-9-5-2-6-10-23)27-24-17-15-22(16-18-24)21-13-11-20(12-14-21)19-7-3-1-4-8-19/h2,5-6,9-19H,1,3-4,7-8H2. The topological polar surface area (TPSA) is 26.3 Å². The maximum atomic E-state index is 12.1. The molecule has 3 aromatic rings. The normalized spacial score (nSPS) is 14.7. The van der Waals surface area contributed by atoms with Gasteiger partial charge in [-0.2, -0.15) is 0 Å². The molecule has 0 N–H and O–H groups in total. The average molecular weight is 356 g/mol. The van der Waals surface area contributed by atoms with Gasteiger partial charge in [0.25, 0.3) is 0 Å². The molecule has 3 aromatic carbocycles. The number of benzene rings is 3. The maximum absolute atomic E-state index is 12.1. The Labute approximate surface area is 160 Å². The van der Waals surface area contributed by atoms with Crippen LogP contribution < -0.4 is 4.74 Å². The minimum absolute atomic E-state index is 0.333. The third-order valence-corrected chi connectivity index (χ3v) is 5.39. The molecule has 1 fully saturated rings. The number of hydrogen-bond acceptors (Lipinski definition) is 2. The second-order valence-corrected chi connectivity index (χ2v) is 7.24. The Bertz CT molecular complexity index is 874. The van der Waals surface area contributed by atoms with E-state index in [-0.39, 0.29) is 5.97 Å². The first-order valence-corrected chi connectivity index (χ1v) is 9.77. The van der Waals surface area contributed by atoms with E-state index in [0.29, 0.717) is 11.3 Å². The Morgan fingerprint density at radius 2 is 1.30 bits per heavy atom. The van der Waals surface area contributed by atoms with Crippen LogP contribution in [-0.4, -0.2) is 5.97 Å². The lowest BCUT2D eigenvalue weighted by molar-refractivity contribution is 0.0735. The van der Waals surface area contributed by atoms with Gasteiger partial charge >= 0.3 is 5.97 Å². The lowest BCUT2D eigenvalue weighted by atomic mass is 9.84. The largest absolute Gasteiger partial charge is 0.423 e. The first kappa shape index (κ1) is 17.5. The van der Waals surface area contributed by atoms with Gasteiger partial charge in [-0.05, 0) is 59.7 Å². The van der Waals surface area contributed by atoms with E-state index in [4.69, 9.17) is 4.74 Å². The molecule has 0 amide bonds. The molecule has 1 saturated carbocycles. The van der Waals surface area contributed by atoms with Crippen LogP contribution in [0.15, 0.2) is 78.9 Å². The van der Waals surface area contributed by atoms with Crippen LogP contribution in [0.25, 0.3) is 11.1 Å². The molecule has 0 saturated heterocycles. The molecule has 0 aliphatic heterocycles. The molecule has 1 aliphatic carbocycles. The summed E-state index contributed by atoms with van der Waals surface area (Å²) in [7, 11) is 0. The smallest absolute Gasteiger partial charge is 0.343 e. The Morgan fingerprint density at radius 1 is 0.704 bits per heavy atom. The summed E-state index contributed by atoms with van der Waals surface area (Å²) in [6.45, 7) is 0. The van der Waals surface area contributed by atoms with Crippen molar-refractivity contribution in [3.63, 3.8) is 0 Å². The van der Waals surface area contributed by atoms with Gasteiger partial charge in [0.2, 0.25) is 0 Å². The quantitative estimate of drug-likeness (QED) is 0.388. The zero-order valence-corrected chi connectivity index (χ0v) is 15.4. The second kappa shape index (κ2) is 8.22. The predicted molar refractivity (Wildman–Crippen MR) is 109 cm³/mol. The molecule has 0 atom stereocenters. The van der Waals surface area contributed by atoms with Crippen molar-refractivity contribution in [2.75, 3.05) is 0 Å². The number of rotatable bonds is 4. The highest BCUT2D eigenvalue weighted by Gasteiger charge is 2.15. The molecule has 27 heavy (non-hydrogen) atoms. The first-order valence-electron chi connectivity index (χ1n) is 9.77. The lowest BCUT2D eigenvalue weighted by Crippen LogP contribution is -2.07. The molecule has 0 spiro atoms. The van der Waals surface area contributed by atoms with Crippen LogP contribution in [0.5, 0.6) is 5.75 Å². The second-order valence-electron chi connectivity index (χ2n) is 7.24. The predicted octanol–water partition coefficient (Wildman–Crippen LogP) is 6.62. The Kier molecular flexibility index (Phi) is 5.34. The van der Waals surface area contributed by atoms with Crippen molar-refractivity contribution in [2.45, 2.75) is 38.0 Å². The van der Waals surface area contributed by atoms with Crippen LogP contribution in [0.4, 0.5) is 0 Å². The van der Waals surface area contributed by atoms with Crippen molar-refractivity contribution in [3.05, 3.63) is 90.0 Å². The molecule has 0 unspecified atom stereocenters. The molecule has 4 rings (SSSR count). The van der Waals surface area contributed by atoms with Crippen molar-refractivity contribution in [1.82, 2.24) is 0 Å². The van der Waals surface area contributed by atoms with E-state index in [2.05, 4.69) is 24.3 Å². The van der Waals surface area contributed by atoms with E-state index < -0.39 is 0 Å². The van der Waals surface area contributed by atoms with Gasteiger partial charge in [0.05, 0.1) is 5.56 Å². The third-order valence-electron chi connectivity index (χ3n) is 5.39. The van der Waals surface area contributed by atoms with Gasteiger partial charge in [-0.25, -0.2) is 4.79 Å². The Hall–Kier alpha value is -2.87. The van der Waals surface area contributed by atoms with Gasteiger partial charge in [-0.1, -0.05) is 73.9 Å². The molecular formula is C25H24O2. The fourth-order valence-corrected chi connectivity index (χ4v) is 3.84. The zero-order valence-electron chi connectivity index (χ0n) is 15.4. The van der Waals surface area contributed by atoms with Gasteiger partial charge in [-0.3, -0.25) is 0 Å². The molecule has 2 heteroatoms. The van der Waals surface area contributed by atoms with Crippen molar-refractivity contribution < 1.29 is 9.53 Å². The van der Waals surface area contributed by atoms with Crippen molar-refractivity contribution in [3.8, 4) is 16.9 Å². The summed E-state index contributed by atoms with van der Waals surface area (Å²) < 4.78 is 5.45. The fraction of sp³-hybridized carbons (Fsp3) is 0.240. The van der Waals surface area contributed by atoms with Crippen LogP contribution in [0.3, 0.4) is 0 Å². The van der Waals surface area contributed by atoms with Crippen molar-refractivity contribution in [1.29, 1.82) is 0 Å². The van der Waals surface area contributed by atoms with E-state index >= 15 is 0 Å². The summed E-state index contributed by atoms with van der Waals surface area (Å²) in [5.74, 6) is 0.958.